The van der Waals surface area contributed by atoms with Crippen molar-refractivity contribution in [2.24, 2.45) is 10.9 Å². The molecule has 26 heavy (non-hydrogen) atoms. The Hall–Kier alpha value is -3.55. The summed E-state index contributed by atoms with van der Waals surface area (Å²) in [5, 5.41) is 6.23. The highest BCUT2D eigenvalue weighted by Crippen LogP contribution is 2.28. The van der Waals surface area contributed by atoms with Gasteiger partial charge in [-0.05, 0) is 24.1 Å². The first-order valence-electron chi connectivity index (χ1n) is 8.13. The maximum atomic E-state index is 5.35. The Kier molecular flexibility index (Phi) is 6.55. The fraction of sp³-hybridized carbons (Fsp3) is 0.227. The van der Waals surface area contributed by atoms with E-state index in [1.807, 2.05) is 31.2 Å². The molecule has 0 aromatic heterocycles. The lowest BCUT2D eigenvalue weighted by atomic mass is 9.96. The van der Waals surface area contributed by atoms with Gasteiger partial charge in [-0.3, -0.25) is 0 Å². The summed E-state index contributed by atoms with van der Waals surface area (Å²) < 4.78 is 5.22. The third-order valence-electron chi connectivity index (χ3n) is 3.82. The molecule has 4 nitrogen and oxygen atoms in total. The van der Waals surface area contributed by atoms with Crippen LogP contribution in [-0.4, -0.2) is 25.9 Å². The molecule has 1 aliphatic heterocycles. The molecule has 2 N–H and O–H groups in total. The van der Waals surface area contributed by atoms with E-state index in [0.29, 0.717) is 18.9 Å². The molecule has 1 heterocycles. The Morgan fingerprint density at radius 1 is 1.27 bits per heavy atom. The quantitative estimate of drug-likeness (QED) is 0.779. The molecule has 4 heteroatoms. The Labute approximate surface area is 155 Å². The molecule has 0 radical (unpaired) electrons. The molecular formula is C22H21N3O. The van der Waals surface area contributed by atoms with E-state index in [9.17, 15) is 0 Å². The molecule has 1 unspecified atom stereocenters. The van der Waals surface area contributed by atoms with Gasteiger partial charge in [-0.2, -0.15) is 0 Å². The van der Waals surface area contributed by atoms with Crippen LogP contribution in [0.1, 0.15) is 12.5 Å². The normalized spacial score (nSPS) is 15.1. The van der Waals surface area contributed by atoms with Gasteiger partial charge in [0.1, 0.15) is 17.3 Å². The van der Waals surface area contributed by atoms with Gasteiger partial charge in [0.2, 0.25) is 0 Å². The minimum Gasteiger partial charge on any atom is -0.497 e. The molecule has 0 aliphatic carbocycles. The zero-order chi connectivity index (χ0) is 18.9. The second kappa shape index (κ2) is 9.07. The topological polar surface area (TPSA) is 45.7 Å². The van der Waals surface area contributed by atoms with Crippen molar-refractivity contribution in [2.75, 3.05) is 20.2 Å². The van der Waals surface area contributed by atoms with Crippen LogP contribution in [0.3, 0.4) is 0 Å². The number of benzene rings is 1. The molecule has 0 fully saturated rings. The van der Waals surface area contributed by atoms with Crippen molar-refractivity contribution in [1.82, 2.24) is 10.6 Å². The highest BCUT2D eigenvalue weighted by atomic mass is 16.5. The number of nitrogens with zero attached hydrogens (tertiary/aromatic N) is 1. The molecule has 0 amide bonds. The maximum absolute atomic E-state index is 5.35. The lowest BCUT2D eigenvalue weighted by Gasteiger charge is -2.14. The van der Waals surface area contributed by atoms with Crippen molar-refractivity contribution >= 4 is 5.71 Å². The minimum atomic E-state index is -0.0221. The van der Waals surface area contributed by atoms with Gasteiger partial charge in [0, 0.05) is 22.8 Å². The predicted molar refractivity (Wildman–Crippen MR) is 106 cm³/mol. The fourth-order valence-electron chi connectivity index (χ4n) is 2.52. The summed E-state index contributed by atoms with van der Waals surface area (Å²) in [6.07, 6.45) is 10.7. The van der Waals surface area contributed by atoms with E-state index in [4.69, 9.17) is 17.6 Å². The standard InChI is InChI=1S/C22H21N3O/c1-6-13-23-17(4)21-16(3)20(25-22(21)24-14-7-2)12-11-18-9-8-10-19(15-18)26-5/h1-2,8-10,15-16,23-24H,4,13-14H2,3,5H3. The van der Waals surface area contributed by atoms with E-state index in [1.165, 1.54) is 0 Å². The van der Waals surface area contributed by atoms with Gasteiger partial charge in [0.05, 0.1) is 20.2 Å². The summed E-state index contributed by atoms with van der Waals surface area (Å²) in [7, 11) is 1.63. The first-order chi connectivity index (χ1) is 12.6. The summed E-state index contributed by atoms with van der Waals surface area (Å²) in [5.74, 6) is 12.8. The number of ether oxygens (including phenoxy) is 1. The van der Waals surface area contributed by atoms with Crippen molar-refractivity contribution in [3.8, 4) is 42.3 Å². The number of allylic oxidation sites excluding steroid dienone is 1. The third kappa shape index (κ3) is 4.50. The second-order valence-electron chi connectivity index (χ2n) is 5.56. The van der Waals surface area contributed by atoms with Crippen molar-refractivity contribution in [3.05, 3.63) is 53.5 Å². The SMILES string of the molecule is C#CCNC(=C)C1=C(NCC#C)N=C(C#Cc2cccc(OC)c2)C1C. The van der Waals surface area contributed by atoms with Crippen molar-refractivity contribution in [3.63, 3.8) is 0 Å². The summed E-state index contributed by atoms with van der Waals surface area (Å²) in [5.41, 5.74) is 3.24. The van der Waals surface area contributed by atoms with E-state index in [1.54, 1.807) is 7.11 Å². The monoisotopic (exact) mass is 343 g/mol. The number of rotatable bonds is 6. The second-order valence-corrected chi connectivity index (χ2v) is 5.56. The van der Waals surface area contributed by atoms with Gasteiger partial charge in [0.25, 0.3) is 0 Å². The number of methoxy groups -OCH3 is 1. The molecule has 1 aliphatic rings. The number of hydrogen-bond acceptors (Lipinski definition) is 4. The molecule has 1 aromatic carbocycles. The molecular weight excluding hydrogens is 322 g/mol. The van der Waals surface area contributed by atoms with Crippen LogP contribution < -0.4 is 15.4 Å². The van der Waals surface area contributed by atoms with E-state index < -0.39 is 0 Å². The summed E-state index contributed by atoms with van der Waals surface area (Å²) in [6.45, 7) is 6.85. The molecule has 0 bridgehead atoms. The maximum Gasteiger partial charge on any atom is 0.133 e. The van der Waals surface area contributed by atoms with Crippen LogP contribution in [0.4, 0.5) is 0 Å². The van der Waals surface area contributed by atoms with Crippen molar-refractivity contribution in [2.45, 2.75) is 6.92 Å². The van der Waals surface area contributed by atoms with Gasteiger partial charge < -0.3 is 15.4 Å². The summed E-state index contributed by atoms with van der Waals surface area (Å²) in [4.78, 5) is 4.61. The molecule has 0 saturated carbocycles. The zero-order valence-corrected chi connectivity index (χ0v) is 15.0. The minimum absolute atomic E-state index is 0.0221. The number of nitrogens with one attached hydrogen (secondary N) is 2. The first-order valence-corrected chi connectivity index (χ1v) is 8.13. The smallest absolute Gasteiger partial charge is 0.133 e. The zero-order valence-electron chi connectivity index (χ0n) is 15.0. The first kappa shape index (κ1) is 18.8. The molecule has 130 valence electrons. The highest BCUT2D eigenvalue weighted by molar-refractivity contribution is 6.06. The van der Waals surface area contributed by atoms with Crippen molar-refractivity contribution < 1.29 is 4.74 Å². The molecule has 0 saturated heterocycles. The van der Waals surface area contributed by atoms with Gasteiger partial charge >= 0.3 is 0 Å². The largest absolute Gasteiger partial charge is 0.497 e. The number of aliphatic imine (C=N–C) groups is 1. The van der Waals surface area contributed by atoms with E-state index in [-0.39, 0.29) is 5.92 Å². The third-order valence-corrected chi connectivity index (χ3v) is 3.82. The van der Waals surface area contributed by atoms with Gasteiger partial charge in [-0.1, -0.05) is 37.3 Å². The molecule has 2 rings (SSSR count). The molecule has 0 spiro atoms. The Morgan fingerprint density at radius 2 is 2.04 bits per heavy atom. The Morgan fingerprint density at radius 3 is 2.73 bits per heavy atom. The van der Waals surface area contributed by atoms with Crippen LogP contribution in [0.2, 0.25) is 0 Å². The van der Waals surface area contributed by atoms with Gasteiger partial charge in [-0.25, -0.2) is 4.99 Å². The van der Waals surface area contributed by atoms with Crippen LogP contribution in [-0.2, 0) is 0 Å². The number of terminal acetylenes is 2. The Balaban J connectivity index is 2.27. The molecule has 1 atom stereocenters. The highest BCUT2D eigenvalue weighted by Gasteiger charge is 2.27. The van der Waals surface area contributed by atoms with Gasteiger partial charge in [-0.15, -0.1) is 12.8 Å². The Bertz CT molecular complexity index is 898. The van der Waals surface area contributed by atoms with Gasteiger partial charge in [0.15, 0.2) is 0 Å². The van der Waals surface area contributed by atoms with E-state index in [2.05, 4.69) is 45.9 Å². The lowest BCUT2D eigenvalue weighted by molar-refractivity contribution is 0.414. The fourth-order valence-corrected chi connectivity index (χ4v) is 2.52. The average Bonchev–Trinajstić information content (AvgIpc) is 2.98. The van der Waals surface area contributed by atoms with Crippen molar-refractivity contribution in [1.29, 1.82) is 0 Å². The van der Waals surface area contributed by atoms with Crippen LogP contribution in [0.15, 0.2) is 52.9 Å². The van der Waals surface area contributed by atoms with Crippen LogP contribution >= 0.6 is 0 Å². The number of hydrogen-bond donors (Lipinski definition) is 2. The summed E-state index contributed by atoms with van der Waals surface area (Å²) in [6, 6.07) is 7.59. The molecule has 1 aromatic rings. The van der Waals surface area contributed by atoms with E-state index in [0.717, 1.165) is 28.3 Å². The van der Waals surface area contributed by atoms with Crippen LogP contribution in [0, 0.1) is 42.4 Å². The average molecular weight is 343 g/mol. The van der Waals surface area contributed by atoms with Crippen LogP contribution in [0.25, 0.3) is 0 Å². The van der Waals surface area contributed by atoms with E-state index >= 15 is 0 Å². The van der Waals surface area contributed by atoms with Crippen LogP contribution in [0.5, 0.6) is 5.75 Å². The lowest BCUT2D eigenvalue weighted by Crippen LogP contribution is -2.21. The summed E-state index contributed by atoms with van der Waals surface area (Å²) >= 11 is 0. The predicted octanol–water partition coefficient (Wildman–Crippen LogP) is 2.31.